The van der Waals surface area contributed by atoms with E-state index in [4.69, 9.17) is 5.11 Å². The molecular formula is C12H23NO2. The Hall–Kier alpha value is -0.570. The van der Waals surface area contributed by atoms with E-state index in [1.165, 1.54) is 0 Å². The molecule has 0 aliphatic heterocycles. The monoisotopic (exact) mass is 213 g/mol. The minimum Gasteiger partial charge on any atom is -0.395 e. The zero-order chi connectivity index (χ0) is 11.5. The number of hydrogen-bond acceptors (Lipinski definition) is 2. The summed E-state index contributed by atoms with van der Waals surface area (Å²) < 4.78 is 0. The van der Waals surface area contributed by atoms with Gasteiger partial charge in [0, 0.05) is 19.5 Å². The lowest BCUT2D eigenvalue weighted by atomic mass is 9.73. The van der Waals surface area contributed by atoms with Gasteiger partial charge in [-0.15, -0.1) is 0 Å². The summed E-state index contributed by atoms with van der Waals surface area (Å²) in [6.07, 6.45) is 4.27. The van der Waals surface area contributed by atoms with E-state index in [0.29, 0.717) is 12.0 Å². The Balaban J connectivity index is 2.42. The lowest BCUT2D eigenvalue weighted by Crippen LogP contribution is -2.37. The molecule has 1 amide bonds. The largest absolute Gasteiger partial charge is 0.395 e. The predicted molar refractivity (Wildman–Crippen MR) is 60.5 cm³/mol. The first-order valence-corrected chi connectivity index (χ1v) is 5.82. The molecule has 1 rings (SSSR count). The number of rotatable bonds is 3. The molecule has 1 fully saturated rings. The molecule has 0 aromatic heterocycles. The number of hydrogen-bond donors (Lipinski definition) is 1. The van der Waals surface area contributed by atoms with Crippen LogP contribution in [0.5, 0.6) is 0 Å². The number of aliphatic hydroxyl groups is 1. The molecule has 1 aliphatic rings. The van der Waals surface area contributed by atoms with Crippen molar-refractivity contribution < 1.29 is 9.90 Å². The summed E-state index contributed by atoms with van der Waals surface area (Å²) in [6.45, 7) is 5.05. The van der Waals surface area contributed by atoms with Gasteiger partial charge in [0.2, 0.25) is 5.91 Å². The summed E-state index contributed by atoms with van der Waals surface area (Å²) in [6, 6.07) is 0. The molecule has 15 heavy (non-hydrogen) atoms. The van der Waals surface area contributed by atoms with Crippen LogP contribution in [-0.2, 0) is 4.79 Å². The number of likely N-dealkylation sites (N-methyl/N-ethyl adjacent to an activating group) is 1. The van der Waals surface area contributed by atoms with E-state index in [-0.39, 0.29) is 18.4 Å². The summed E-state index contributed by atoms with van der Waals surface area (Å²) in [7, 11) is 1.78. The zero-order valence-corrected chi connectivity index (χ0v) is 10.1. The third-order valence-corrected chi connectivity index (χ3v) is 3.50. The first-order chi connectivity index (χ1) is 6.96. The Bertz CT molecular complexity index is 216. The van der Waals surface area contributed by atoms with Gasteiger partial charge >= 0.3 is 0 Å². The van der Waals surface area contributed by atoms with Crippen LogP contribution in [0.1, 0.15) is 39.5 Å². The quantitative estimate of drug-likeness (QED) is 0.774. The van der Waals surface area contributed by atoms with E-state index in [1.54, 1.807) is 11.9 Å². The van der Waals surface area contributed by atoms with Crippen LogP contribution in [-0.4, -0.2) is 36.1 Å². The predicted octanol–water partition coefficient (Wildman–Crippen LogP) is 1.65. The van der Waals surface area contributed by atoms with Crippen LogP contribution in [0.15, 0.2) is 0 Å². The standard InChI is InChI=1S/C12H23NO2/c1-12(2)6-4-10(5-7-12)11(15)13(3)8-9-14/h10,14H,4-9H2,1-3H3. The Morgan fingerprint density at radius 3 is 2.40 bits per heavy atom. The molecule has 0 aromatic carbocycles. The summed E-state index contributed by atoms with van der Waals surface area (Å²) in [4.78, 5) is 13.6. The van der Waals surface area contributed by atoms with Gasteiger partial charge in [0.15, 0.2) is 0 Å². The van der Waals surface area contributed by atoms with Gasteiger partial charge in [-0.05, 0) is 31.1 Å². The summed E-state index contributed by atoms with van der Waals surface area (Å²) >= 11 is 0. The highest BCUT2D eigenvalue weighted by atomic mass is 16.3. The molecule has 0 radical (unpaired) electrons. The van der Waals surface area contributed by atoms with Crippen LogP contribution in [0.4, 0.5) is 0 Å². The fraction of sp³-hybridized carbons (Fsp3) is 0.917. The number of carbonyl (C=O) groups is 1. The molecule has 0 aromatic rings. The van der Waals surface area contributed by atoms with Crippen molar-refractivity contribution in [1.82, 2.24) is 4.90 Å². The van der Waals surface area contributed by atoms with Crippen LogP contribution in [0, 0.1) is 11.3 Å². The van der Waals surface area contributed by atoms with Crippen molar-refractivity contribution in [3.63, 3.8) is 0 Å². The molecule has 0 spiro atoms. The Morgan fingerprint density at radius 2 is 1.93 bits per heavy atom. The number of carbonyl (C=O) groups excluding carboxylic acids is 1. The highest BCUT2D eigenvalue weighted by molar-refractivity contribution is 5.78. The van der Waals surface area contributed by atoms with Gasteiger partial charge in [0.25, 0.3) is 0 Å². The third kappa shape index (κ3) is 3.49. The van der Waals surface area contributed by atoms with Gasteiger partial charge in [0.05, 0.1) is 6.61 Å². The highest BCUT2D eigenvalue weighted by Crippen LogP contribution is 2.38. The lowest BCUT2D eigenvalue weighted by molar-refractivity contribution is -0.136. The van der Waals surface area contributed by atoms with Crippen LogP contribution in [0.3, 0.4) is 0 Å². The fourth-order valence-corrected chi connectivity index (χ4v) is 2.22. The van der Waals surface area contributed by atoms with Gasteiger partial charge in [-0.2, -0.15) is 0 Å². The molecule has 3 nitrogen and oxygen atoms in total. The first-order valence-electron chi connectivity index (χ1n) is 5.82. The van der Waals surface area contributed by atoms with Crippen molar-refractivity contribution in [3.05, 3.63) is 0 Å². The number of aliphatic hydroxyl groups excluding tert-OH is 1. The molecular weight excluding hydrogens is 190 g/mol. The number of nitrogens with zero attached hydrogens (tertiary/aromatic N) is 1. The van der Waals surface area contributed by atoms with Gasteiger partial charge in [-0.1, -0.05) is 13.8 Å². The molecule has 1 saturated carbocycles. The van der Waals surface area contributed by atoms with Crippen LogP contribution >= 0.6 is 0 Å². The molecule has 1 N–H and O–H groups in total. The summed E-state index contributed by atoms with van der Waals surface area (Å²) in [5, 5.41) is 8.77. The summed E-state index contributed by atoms with van der Waals surface area (Å²) in [5.74, 6) is 0.397. The van der Waals surface area contributed by atoms with Gasteiger partial charge in [0.1, 0.15) is 0 Å². The molecule has 0 bridgehead atoms. The SMILES string of the molecule is CN(CCO)C(=O)C1CCC(C)(C)CC1. The smallest absolute Gasteiger partial charge is 0.225 e. The van der Waals surface area contributed by atoms with Gasteiger partial charge < -0.3 is 10.0 Å². The Kier molecular flexibility index (Phi) is 4.14. The second-order valence-corrected chi connectivity index (χ2v) is 5.42. The van der Waals surface area contributed by atoms with E-state index < -0.39 is 0 Å². The maximum atomic E-state index is 11.9. The van der Waals surface area contributed by atoms with Crippen molar-refractivity contribution in [2.24, 2.45) is 11.3 Å². The normalized spacial score (nSPS) is 21.3. The fourth-order valence-electron chi connectivity index (χ4n) is 2.22. The first kappa shape index (κ1) is 12.5. The van der Waals surface area contributed by atoms with Crippen molar-refractivity contribution >= 4 is 5.91 Å². The molecule has 88 valence electrons. The zero-order valence-electron chi connectivity index (χ0n) is 10.1. The number of amides is 1. The second-order valence-electron chi connectivity index (χ2n) is 5.42. The second kappa shape index (κ2) is 4.97. The average molecular weight is 213 g/mol. The van der Waals surface area contributed by atoms with Gasteiger partial charge in [-0.25, -0.2) is 0 Å². The van der Waals surface area contributed by atoms with Crippen LogP contribution < -0.4 is 0 Å². The van der Waals surface area contributed by atoms with E-state index >= 15 is 0 Å². The average Bonchev–Trinajstić information content (AvgIpc) is 2.17. The van der Waals surface area contributed by atoms with Crippen LogP contribution in [0.2, 0.25) is 0 Å². The maximum absolute atomic E-state index is 11.9. The van der Waals surface area contributed by atoms with Crippen molar-refractivity contribution in [1.29, 1.82) is 0 Å². The Labute approximate surface area is 92.5 Å². The van der Waals surface area contributed by atoms with Crippen molar-refractivity contribution in [2.45, 2.75) is 39.5 Å². The molecule has 0 saturated heterocycles. The van der Waals surface area contributed by atoms with Crippen LogP contribution in [0.25, 0.3) is 0 Å². The minimum atomic E-state index is 0.0560. The van der Waals surface area contributed by atoms with Crippen molar-refractivity contribution in [3.8, 4) is 0 Å². The van der Waals surface area contributed by atoms with E-state index in [2.05, 4.69) is 13.8 Å². The maximum Gasteiger partial charge on any atom is 0.225 e. The topological polar surface area (TPSA) is 40.5 Å². The molecule has 0 atom stereocenters. The minimum absolute atomic E-state index is 0.0560. The lowest BCUT2D eigenvalue weighted by Gasteiger charge is -2.35. The van der Waals surface area contributed by atoms with E-state index in [9.17, 15) is 4.79 Å². The molecule has 0 unspecified atom stereocenters. The van der Waals surface area contributed by atoms with Crippen molar-refractivity contribution in [2.75, 3.05) is 20.2 Å². The molecule has 1 aliphatic carbocycles. The molecule has 3 heteroatoms. The highest BCUT2D eigenvalue weighted by Gasteiger charge is 2.31. The van der Waals surface area contributed by atoms with E-state index in [0.717, 1.165) is 25.7 Å². The van der Waals surface area contributed by atoms with E-state index in [1.807, 2.05) is 0 Å². The summed E-state index contributed by atoms with van der Waals surface area (Å²) in [5.41, 5.74) is 0.409. The van der Waals surface area contributed by atoms with Gasteiger partial charge in [-0.3, -0.25) is 4.79 Å². The molecule has 0 heterocycles. The third-order valence-electron chi connectivity index (χ3n) is 3.50. The Morgan fingerprint density at radius 1 is 1.40 bits per heavy atom.